The molecule has 144 valence electrons. The van der Waals surface area contributed by atoms with Crippen molar-refractivity contribution in [3.05, 3.63) is 79.6 Å². The molecule has 0 aliphatic rings. The molecule has 1 heterocycles. The molecule has 1 amide bonds. The molecule has 1 N–H and O–H groups in total. The Morgan fingerprint density at radius 1 is 1.11 bits per heavy atom. The number of anilines is 1. The number of halogens is 4. The third-order valence-electron chi connectivity index (χ3n) is 3.71. The Balaban J connectivity index is 1.87. The van der Waals surface area contributed by atoms with Gasteiger partial charge in [-0.05, 0) is 52.9 Å². The summed E-state index contributed by atoms with van der Waals surface area (Å²) in [6, 6.07) is 11.6. The van der Waals surface area contributed by atoms with Crippen molar-refractivity contribution >= 4 is 39.9 Å². The number of nitrogens with one attached hydrogen (secondary N) is 1. The number of nitrogens with zero attached hydrogens (tertiary/aromatic N) is 1. The maximum absolute atomic E-state index is 13.1. The zero-order chi connectivity index (χ0) is 20.5. The van der Waals surface area contributed by atoms with Crippen molar-refractivity contribution in [2.24, 2.45) is 0 Å². The number of amides is 1. The predicted molar refractivity (Wildman–Crippen MR) is 103 cm³/mol. The van der Waals surface area contributed by atoms with Crippen molar-refractivity contribution in [3.8, 4) is 11.3 Å². The van der Waals surface area contributed by atoms with Gasteiger partial charge in [-0.2, -0.15) is 13.2 Å². The van der Waals surface area contributed by atoms with Gasteiger partial charge in [-0.3, -0.25) is 14.9 Å². The molecule has 0 saturated heterocycles. The fraction of sp³-hybridized carbons (Fsp3) is 0.0556. The number of non-ortho nitro benzene ring substituents is 1. The van der Waals surface area contributed by atoms with Gasteiger partial charge in [0.25, 0.3) is 11.6 Å². The summed E-state index contributed by atoms with van der Waals surface area (Å²) in [6.07, 6.45) is -4.63. The number of carbonyl (C=O) groups is 1. The lowest BCUT2D eigenvalue weighted by Gasteiger charge is -2.13. The van der Waals surface area contributed by atoms with Gasteiger partial charge in [0.15, 0.2) is 5.76 Å². The summed E-state index contributed by atoms with van der Waals surface area (Å²) in [6.45, 7) is 0. The monoisotopic (exact) mass is 502 g/mol. The highest BCUT2D eigenvalue weighted by atomic mass is 127. The van der Waals surface area contributed by atoms with Crippen molar-refractivity contribution in [1.82, 2.24) is 0 Å². The summed E-state index contributed by atoms with van der Waals surface area (Å²) in [4.78, 5) is 22.6. The molecule has 10 heteroatoms. The number of hydrogen-bond acceptors (Lipinski definition) is 4. The molecule has 0 atom stereocenters. The van der Waals surface area contributed by atoms with Gasteiger partial charge in [0.1, 0.15) is 5.76 Å². The third-order valence-corrected chi connectivity index (χ3v) is 4.38. The highest BCUT2D eigenvalue weighted by Crippen LogP contribution is 2.36. The minimum Gasteiger partial charge on any atom is -0.451 e. The Morgan fingerprint density at radius 3 is 2.54 bits per heavy atom. The van der Waals surface area contributed by atoms with Crippen molar-refractivity contribution in [3.63, 3.8) is 0 Å². The van der Waals surface area contributed by atoms with Crippen LogP contribution in [0.1, 0.15) is 16.1 Å². The number of rotatable bonds is 4. The Bertz CT molecular complexity index is 1060. The molecule has 0 aliphatic heterocycles. The van der Waals surface area contributed by atoms with Gasteiger partial charge in [-0.1, -0.05) is 12.1 Å². The molecule has 2 aromatic carbocycles. The second-order valence-corrected chi connectivity index (χ2v) is 6.86. The Hall–Kier alpha value is -2.89. The van der Waals surface area contributed by atoms with E-state index in [1.165, 1.54) is 42.5 Å². The summed E-state index contributed by atoms with van der Waals surface area (Å²) < 4.78 is 45.3. The largest absolute Gasteiger partial charge is 0.451 e. The van der Waals surface area contributed by atoms with Crippen molar-refractivity contribution < 1.29 is 27.3 Å². The first kappa shape index (κ1) is 19.9. The molecule has 0 unspecified atom stereocenters. The van der Waals surface area contributed by atoms with Crippen LogP contribution in [0, 0.1) is 13.7 Å². The SMILES string of the molecule is O=C(Nc1cc(I)ccc1C(F)(F)F)c1ccc(-c2cccc([N+](=O)[O-])c2)o1. The maximum Gasteiger partial charge on any atom is 0.418 e. The summed E-state index contributed by atoms with van der Waals surface area (Å²) in [5.74, 6) is -0.926. The second kappa shape index (κ2) is 7.62. The van der Waals surface area contributed by atoms with Crippen LogP contribution in [0.5, 0.6) is 0 Å². The van der Waals surface area contributed by atoms with Crippen molar-refractivity contribution in [1.29, 1.82) is 0 Å². The molecular formula is C18H10F3IN2O4. The summed E-state index contributed by atoms with van der Waals surface area (Å²) in [5, 5.41) is 13.1. The molecule has 3 aromatic rings. The van der Waals surface area contributed by atoms with Crippen LogP contribution in [0.25, 0.3) is 11.3 Å². The molecule has 0 spiro atoms. The predicted octanol–water partition coefficient (Wildman–Crippen LogP) is 5.73. The van der Waals surface area contributed by atoms with Crippen LogP contribution >= 0.6 is 22.6 Å². The smallest absolute Gasteiger partial charge is 0.418 e. The van der Waals surface area contributed by atoms with Crippen LogP contribution in [0.4, 0.5) is 24.5 Å². The zero-order valence-corrected chi connectivity index (χ0v) is 15.9. The van der Waals surface area contributed by atoms with Crippen LogP contribution < -0.4 is 5.32 Å². The first-order chi connectivity index (χ1) is 13.1. The van der Waals surface area contributed by atoms with Gasteiger partial charge in [0, 0.05) is 21.3 Å². The van der Waals surface area contributed by atoms with Gasteiger partial charge in [0.05, 0.1) is 16.2 Å². The molecule has 3 rings (SSSR count). The van der Waals surface area contributed by atoms with E-state index in [2.05, 4.69) is 5.32 Å². The molecular weight excluding hydrogens is 492 g/mol. The van der Waals surface area contributed by atoms with E-state index in [9.17, 15) is 28.1 Å². The fourth-order valence-electron chi connectivity index (χ4n) is 2.44. The Kier molecular flexibility index (Phi) is 5.40. The number of benzene rings is 2. The molecule has 0 radical (unpaired) electrons. The average molecular weight is 502 g/mol. The molecule has 0 saturated carbocycles. The number of carbonyl (C=O) groups excluding carboxylic acids is 1. The zero-order valence-electron chi connectivity index (χ0n) is 13.8. The fourth-order valence-corrected chi connectivity index (χ4v) is 2.93. The van der Waals surface area contributed by atoms with E-state index >= 15 is 0 Å². The number of alkyl halides is 3. The topological polar surface area (TPSA) is 85.4 Å². The van der Waals surface area contributed by atoms with E-state index in [1.54, 1.807) is 6.07 Å². The van der Waals surface area contributed by atoms with E-state index in [4.69, 9.17) is 4.42 Å². The highest BCUT2D eigenvalue weighted by Gasteiger charge is 2.34. The lowest BCUT2D eigenvalue weighted by atomic mass is 10.1. The van der Waals surface area contributed by atoms with Gasteiger partial charge in [-0.25, -0.2) is 0 Å². The van der Waals surface area contributed by atoms with E-state index in [-0.39, 0.29) is 17.2 Å². The minimum absolute atomic E-state index is 0.159. The van der Waals surface area contributed by atoms with Crippen molar-refractivity contribution in [2.75, 3.05) is 5.32 Å². The van der Waals surface area contributed by atoms with E-state index in [0.29, 0.717) is 9.13 Å². The normalized spacial score (nSPS) is 11.3. The Labute approximate surface area is 169 Å². The standard InChI is InChI=1S/C18H10F3IN2O4/c19-18(20,21)13-5-4-11(22)9-14(13)23-17(25)16-7-6-15(28-16)10-2-1-3-12(8-10)24(26)27/h1-9H,(H,23,25). The number of furan rings is 1. The molecule has 0 bridgehead atoms. The van der Waals surface area contributed by atoms with Gasteiger partial charge >= 0.3 is 6.18 Å². The molecule has 0 fully saturated rings. The number of nitro benzene ring substituents is 1. The van der Waals surface area contributed by atoms with E-state index in [1.807, 2.05) is 22.6 Å². The highest BCUT2D eigenvalue weighted by molar-refractivity contribution is 14.1. The molecule has 6 nitrogen and oxygen atoms in total. The molecule has 0 aliphatic carbocycles. The third kappa shape index (κ3) is 4.32. The van der Waals surface area contributed by atoms with Crippen LogP contribution in [0.15, 0.2) is 59.0 Å². The Morgan fingerprint density at radius 2 is 1.86 bits per heavy atom. The number of hydrogen-bond donors (Lipinski definition) is 1. The number of nitro groups is 1. The summed E-state index contributed by atoms with van der Waals surface area (Å²) >= 11 is 1.83. The average Bonchev–Trinajstić information content (AvgIpc) is 3.11. The van der Waals surface area contributed by atoms with Crippen LogP contribution in [0.3, 0.4) is 0 Å². The lowest BCUT2D eigenvalue weighted by Crippen LogP contribution is -2.16. The maximum atomic E-state index is 13.1. The summed E-state index contributed by atoms with van der Waals surface area (Å²) in [5.41, 5.74) is -1.17. The van der Waals surface area contributed by atoms with E-state index < -0.39 is 28.3 Å². The van der Waals surface area contributed by atoms with E-state index in [0.717, 1.165) is 6.07 Å². The minimum atomic E-state index is -4.63. The van der Waals surface area contributed by atoms with Crippen LogP contribution in [-0.2, 0) is 6.18 Å². The quantitative estimate of drug-likeness (QED) is 0.281. The molecule has 28 heavy (non-hydrogen) atoms. The van der Waals surface area contributed by atoms with Crippen molar-refractivity contribution in [2.45, 2.75) is 6.18 Å². The first-order valence-electron chi connectivity index (χ1n) is 7.68. The second-order valence-electron chi connectivity index (χ2n) is 5.61. The van der Waals surface area contributed by atoms with Crippen LogP contribution in [0.2, 0.25) is 0 Å². The molecule has 1 aromatic heterocycles. The van der Waals surface area contributed by atoms with Gasteiger partial charge < -0.3 is 9.73 Å². The van der Waals surface area contributed by atoms with Gasteiger partial charge in [0.2, 0.25) is 0 Å². The summed E-state index contributed by atoms with van der Waals surface area (Å²) in [7, 11) is 0. The van der Waals surface area contributed by atoms with Gasteiger partial charge in [-0.15, -0.1) is 0 Å². The first-order valence-corrected chi connectivity index (χ1v) is 8.76. The lowest BCUT2D eigenvalue weighted by molar-refractivity contribution is -0.384. The van der Waals surface area contributed by atoms with Crippen LogP contribution in [-0.4, -0.2) is 10.8 Å².